The minimum Gasteiger partial charge on any atom is -0.493 e. The summed E-state index contributed by atoms with van der Waals surface area (Å²) in [5, 5.41) is 12.9. The van der Waals surface area contributed by atoms with Gasteiger partial charge in [-0.1, -0.05) is 0 Å². The fraction of sp³-hybridized carbons (Fsp3) is 0.118. The van der Waals surface area contributed by atoms with Crippen molar-refractivity contribution >= 4 is 50.8 Å². The van der Waals surface area contributed by atoms with E-state index >= 15 is 0 Å². The molecule has 9 nitrogen and oxygen atoms in total. The standard InChI is InChI=1S/C17H15BrN4O5S/c1-2-27-14-8-5-11(9-13(14)18)15(23)19-17(28)21-20-16(24)10-3-6-12(7-4-10)22(25)26/h3-9H,2H2,1H3,(H,20,24)(H2,19,21,23,28). The molecule has 0 aliphatic rings. The van der Waals surface area contributed by atoms with Gasteiger partial charge in [0.1, 0.15) is 5.75 Å². The fourth-order valence-electron chi connectivity index (χ4n) is 2.04. The van der Waals surface area contributed by atoms with Crippen LogP contribution in [0.2, 0.25) is 0 Å². The molecule has 0 unspecified atom stereocenters. The highest BCUT2D eigenvalue weighted by molar-refractivity contribution is 9.10. The molecule has 2 rings (SSSR count). The van der Waals surface area contributed by atoms with Crippen molar-refractivity contribution < 1.29 is 19.2 Å². The molecule has 0 heterocycles. The van der Waals surface area contributed by atoms with E-state index in [1.807, 2.05) is 6.92 Å². The third-order valence-corrected chi connectivity index (χ3v) is 4.17. The van der Waals surface area contributed by atoms with E-state index in [1.54, 1.807) is 18.2 Å². The number of ether oxygens (including phenoxy) is 1. The van der Waals surface area contributed by atoms with Crippen LogP contribution in [0.5, 0.6) is 5.75 Å². The highest BCUT2D eigenvalue weighted by Crippen LogP contribution is 2.25. The zero-order valence-electron chi connectivity index (χ0n) is 14.5. The molecule has 0 saturated carbocycles. The quantitative estimate of drug-likeness (QED) is 0.351. The normalized spacial score (nSPS) is 9.93. The first kappa shape index (κ1) is 21.3. The first-order chi connectivity index (χ1) is 13.3. The summed E-state index contributed by atoms with van der Waals surface area (Å²) < 4.78 is 6.00. The SMILES string of the molecule is CCOc1ccc(C(=O)NC(=S)NNC(=O)c2ccc([N+](=O)[O-])cc2)cc1Br. The number of nitrogens with zero attached hydrogens (tertiary/aromatic N) is 1. The Labute approximate surface area is 173 Å². The first-order valence-corrected chi connectivity index (χ1v) is 9.10. The van der Waals surface area contributed by atoms with Crippen molar-refractivity contribution in [3.63, 3.8) is 0 Å². The maximum atomic E-state index is 12.2. The second-order valence-corrected chi connectivity index (χ2v) is 6.51. The Bertz CT molecular complexity index is 920. The lowest BCUT2D eigenvalue weighted by atomic mass is 10.2. The molecule has 2 aromatic rings. The van der Waals surface area contributed by atoms with Crippen molar-refractivity contribution in [2.24, 2.45) is 0 Å². The number of carbonyl (C=O) groups excluding carboxylic acids is 2. The average Bonchev–Trinajstić information content (AvgIpc) is 2.67. The summed E-state index contributed by atoms with van der Waals surface area (Å²) in [5.74, 6) is -0.448. The number of halogens is 1. The number of nitrogens with one attached hydrogen (secondary N) is 3. The van der Waals surface area contributed by atoms with Crippen LogP contribution in [-0.4, -0.2) is 28.5 Å². The first-order valence-electron chi connectivity index (χ1n) is 7.90. The van der Waals surface area contributed by atoms with E-state index in [2.05, 4.69) is 32.1 Å². The number of thiocarbonyl (C=S) groups is 1. The van der Waals surface area contributed by atoms with Gasteiger partial charge in [-0.25, -0.2) is 0 Å². The second-order valence-electron chi connectivity index (χ2n) is 5.24. The lowest BCUT2D eigenvalue weighted by Crippen LogP contribution is -2.48. The number of nitro benzene ring substituents is 1. The lowest BCUT2D eigenvalue weighted by Gasteiger charge is -2.12. The van der Waals surface area contributed by atoms with Crippen LogP contribution >= 0.6 is 28.1 Å². The Morgan fingerprint density at radius 1 is 1.11 bits per heavy atom. The number of hydrogen-bond donors (Lipinski definition) is 3. The Balaban J connectivity index is 1.89. The summed E-state index contributed by atoms with van der Waals surface area (Å²) in [7, 11) is 0. The van der Waals surface area contributed by atoms with Crippen LogP contribution in [-0.2, 0) is 0 Å². The Hall–Kier alpha value is -3.05. The fourth-order valence-corrected chi connectivity index (χ4v) is 2.68. The molecule has 28 heavy (non-hydrogen) atoms. The monoisotopic (exact) mass is 466 g/mol. The zero-order chi connectivity index (χ0) is 20.7. The molecule has 146 valence electrons. The summed E-state index contributed by atoms with van der Waals surface area (Å²) in [4.78, 5) is 34.3. The maximum Gasteiger partial charge on any atom is 0.269 e. The molecule has 0 bridgehead atoms. The van der Waals surface area contributed by atoms with Crippen molar-refractivity contribution in [3.05, 3.63) is 68.2 Å². The van der Waals surface area contributed by atoms with Gasteiger partial charge in [-0.3, -0.25) is 35.9 Å². The van der Waals surface area contributed by atoms with Crippen molar-refractivity contribution in [2.45, 2.75) is 6.92 Å². The summed E-state index contributed by atoms with van der Waals surface area (Å²) in [6.07, 6.45) is 0. The molecular weight excluding hydrogens is 452 g/mol. The minimum atomic E-state index is -0.574. The van der Waals surface area contributed by atoms with Crippen LogP contribution in [0.15, 0.2) is 46.9 Å². The average molecular weight is 467 g/mol. The Morgan fingerprint density at radius 3 is 2.32 bits per heavy atom. The zero-order valence-corrected chi connectivity index (χ0v) is 16.9. The summed E-state index contributed by atoms with van der Waals surface area (Å²) in [6, 6.07) is 9.82. The number of nitro groups is 1. The van der Waals surface area contributed by atoms with E-state index in [4.69, 9.17) is 17.0 Å². The lowest BCUT2D eigenvalue weighted by molar-refractivity contribution is -0.384. The third kappa shape index (κ3) is 5.72. The van der Waals surface area contributed by atoms with Crippen LogP contribution < -0.4 is 20.9 Å². The number of non-ortho nitro benzene ring substituents is 1. The van der Waals surface area contributed by atoms with Crippen molar-refractivity contribution in [1.82, 2.24) is 16.2 Å². The molecule has 0 aromatic heterocycles. The topological polar surface area (TPSA) is 123 Å². The van der Waals surface area contributed by atoms with Gasteiger partial charge in [-0.2, -0.15) is 0 Å². The summed E-state index contributed by atoms with van der Waals surface area (Å²) in [5.41, 5.74) is 5.08. The predicted molar refractivity (Wildman–Crippen MR) is 109 cm³/mol. The summed E-state index contributed by atoms with van der Waals surface area (Å²) in [6.45, 7) is 2.34. The molecule has 0 fully saturated rings. The number of hydrazine groups is 1. The molecule has 2 aromatic carbocycles. The molecule has 0 spiro atoms. The number of benzene rings is 2. The Morgan fingerprint density at radius 2 is 1.75 bits per heavy atom. The van der Waals surface area contributed by atoms with Gasteiger partial charge in [0.2, 0.25) is 0 Å². The molecular formula is C17H15BrN4O5S. The van der Waals surface area contributed by atoms with Gasteiger partial charge in [0.15, 0.2) is 5.11 Å². The maximum absolute atomic E-state index is 12.2. The van der Waals surface area contributed by atoms with Gasteiger partial charge < -0.3 is 4.74 Å². The van der Waals surface area contributed by atoms with Crippen LogP contribution in [0.25, 0.3) is 0 Å². The van der Waals surface area contributed by atoms with Gasteiger partial charge in [0.05, 0.1) is 16.0 Å². The van der Waals surface area contributed by atoms with Gasteiger partial charge in [-0.15, -0.1) is 0 Å². The van der Waals surface area contributed by atoms with E-state index in [-0.39, 0.29) is 16.4 Å². The number of amides is 2. The van der Waals surface area contributed by atoms with E-state index in [1.165, 1.54) is 24.3 Å². The van der Waals surface area contributed by atoms with E-state index in [9.17, 15) is 19.7 Å². The molecule has 0 aliphatic heterocycles. The highest BCUT2D eigenvalue weighted by atomic mass is 79.9. The molecule has 3 N–H and O–H groups in total. The number of rotatable bonds is 5. The van der Waals surface area contributed by atoms with Gasteiger partial charge in [0, 0.05) is 23.3 Å². The van der Waals surface area contributed by atoms with Crippen LogP contribution in [0.3, 0.4) is 0 Å². The molecule has 11 heteroatoms. The molecule has 0 saturated heterocycles. The Kier molecular flexibility index (Phi) is 7.41. The van der Waals surface area contributed by atoms with Gasteiger partial charge in [0.25, 0.3) is 17.5 Å². The van der Waals surface area contributed by atoms with Crippen molar-refractivity contribution in [2.75, 3.05) is 6.61 Å². The summed E-state index contributed by atoms with van der Waals surface area (Å²) >= 11 is 8.29. The third-order valence-electron chi connectivity index (χ3n) is 3.35. The van der Waals surface area contributed by atoms with E-state index in [0.29, 0.717) is 22.4 Å². The molecule has 0 atom stereocenters. The van der Waals surface area contributed by atoms with Gasteiger partial charge >= 0.3 is 0 Å². The van der Waals surface area contributed by atoms with E-state index < -0.39 is 16.7 Å². The smallest absolute Gasteiger partial charge is 0.269 e. The van der Waals surface area contributed by atoms with Gasteiger partial charge in [-0.05, 0) is 65.4 Å². The molecule has 2 amide bonds. The predicted octanol–water partition coefficient (Wildman–Crippen LogP) is 2.71. The molecule has 0 aliphatic carbocycles. The van der Waals surface area contributed by atoms with Crippen LogP contribution in [0.4, 0.5) is 5.69 Å². The second kappa shape index (κ2) is 9.76. The number of carbonyl (C=O) groups is 2. The highest BCUT2D eigenvalue weighted by Gasteiger charge is 2.12. The van der Waals surface area contributed by atoms with Crippen LogP contribution in [0.1, 0.15) is 27.6 Å². The van der Waals surface area contributed by atoms with Crippen molar-refractivity contribution in [3.8, 4) is 5.75 Å². The van der Waals surface area contributed by atoms with E-state index in [0.717, 1.165) is 0 Å². The largest absolute Gasteiger partial charge is 0.493 e. The van der Waals surface area contributed by atoms with Crippen LogP contribution in [0, 0.1) is 10.1 Å². The minimum absolute atomic E-state index is 0.120. The molecule has 0 radical (unpaired) electrons. The van der Waals surface area contributed by atoms with Crippen molar-refractivity contribution in [1.29, 1.82) is 0 Å². The number of hydrogen-bond acceptors (Lipinski definition) is 6.